The molecular formula is C108H72N2O2. The zero-order valence-electron chi connectivity index (χ0n) is 61.3. The van der Waals surface area contributed by atoms with Crippen LogP contribution >= 0.6 is 0 Å². The maximum absolute atomic E-state index is 6.90. The fourth-order valence-electron chi connectivity index (χ4n) is 16.3. The van der Waals surface area contributed by atoms with E-state index in [1.54, 1.807) is 0 Å². The van der Waals surface area contributed by atoms with E-state index in [2.05, 4.69) is 441 Å². The molecule has 0 N–H and O–H groups in total. The van der Waals surface area contributed by atoms with Crippen LogP contribution in [0.5, 0.6) is 0 Å². The summed E-state index contributed by atoms with van der Waals surface area (Å²) in [5.41, 5.74) is 28.7. The molecule has 21 rings (SSSR count). The highest BCUT2D eigenvalue weighted by molar-refractivity contribution is 6.16. The molecule has 0 radical (unpaired) electrons. The SMILES string of the molecule is c1ccc(-c2ccc(N(c3ccc(-c4cccc(-c5cccc6c5oc5c(-c7cccc8ccccc78)cccc56)c4)cc3)c3ccc4ccccc4c3)cc2)cc1.c1ccc(-c2ccc(N(c3ccc(-c4cccc(-c5cccc6c5oc5c(-c7ccccc7)cccc56)c4)cc3)c3ccc4ccccc4c3)cc2)cc1. The molecule has 0 aliphatic carbocycles. The summed E-state index contributed by atoms with van der Waals surface area (Å²) in [5, 5.41) is 11.8. The lowest BCUT2D eigenvalue weighted by atomic mass is 9.96. The van der Waals surface area contributed by atoms with Crippen LogP contribution < -0.4 is 9.80 Å². The summed E-state index contributed by atoms with van der Waals surface area (Å²) in [6, 6.07) is 156. The van der Waals surface area contributed by atoms with E-state index in [1.807, 2.05) is 6.07 Å². The number of para-hydroxylation sites is 4. The predicted octanol–water partition coefficient (Wildman–Crippen LogP) is 30.9. The first kappa shape index (κ1) is 66.6. The molecule has 0 bridgehead atoms. The van der Waals surface area contributed by atoms with E-state index >= 15 is 0 Å². The van der Waals surface area contributed by atoms with E-state index < -0.39 is 0 Å². The number of nitrogens with zero attached hydrogens (tertiary/aromatic N) is 2. The molecule has 2 aromatic heterocycles. The summed E-state index contributed by atoms with van der Waals surface area (Å²) < 4.78 is 13.6. The van der Waals surface area contributed by atoms with Crippen molar-refractivity contribution in [3.05, 3.63) is 437 Å². The quantitative estimate of drug-likeness (QED) is 0.109. The predicted molar refractivity (Wildman–Crippen MR) is 473 cm³/mol. The van der Waals surface area contributed by atoms with Gasteiger partial charge in [0.25, 0.3) is 0 Å². The van der Waals surface area contributed by atoms with Crippen LogP contribution in [0.2, 0.25) is 0 Å². The van der Waals surface area contributed by atoms with Crippen molar-refractivity contribution in [1.82, 2.24) is 0 Å². The van der Waals surface area contributed by atoms with Crippen LogP contribution in [-0.4, -0.2) is 0 Å². The van der Waals surface area contributed by atoms with Crippen molar-refractivity contribution >= 4 is 110 Å². The molecule has 0 spiro atoms. The van der Waals surface area contributed by atoms with E-state index in [1.165, 1.54) is 60.1 Å². The Kier molecular flexibility index (Phi) is 17.3. The largest absolute Gasteiger partial charge is 0.455 e. The normalized spacial score (nSPS) is 11.4. The molecule has 2 heterocycles. The van der Waals surface area contributed by atoms with Gasteiger partial charge in [0.05, 0.1) is 0 Å². The average Bonchev–Trinajstić information content (AvgIpc) is 1.63. The molecule has 0 aliphatic heterocycles. The number of hydrogen-bond acceptors (Lipinski definition) is 4. The van der Waals surface area contributed by atoms with Crippen LogP contribution in [0.4, 0.5) is 34.1 Å². The Morgan fingerprint density at radius 3 is 0.812 bits per heavy atom. The van der Waals surface area contributed by atoms with Crippen LogP contribution in [-0.2, 0) is 0 Å². The Morgan fingerprint density at radius 1 is 0.134 bits per heavy atom. The van der Waals surface area contributed by atoms with E-state index in [-0.39, 0.29) is 0 Å². The smallest absolute Gasteiger partial charge is 0.143 e. The molecule has 4 nitrogen and oxygen atoms in total. The lowest BCUT2D eigenvalue weighted by Crippen LogP contribution is -2.09. The highest BCUT2D eigenvalue weighted by Crippen LogP contribution is 2.46. The van der Waals surface area contributed by atoms with Crippen molar-refractivity contribution in [2.24, 2.45) is 0 Å². The number of anilines is 6. The van der Waals surface area contributed by atoms with Crippen LogP contribution in [0, 0.1) is 0 Å². The first-order chi connectivity index (χ1) is 55.5. The highest BCUT2D eigenvalue weighted by Gasteiger charge is 2.22. The van der Waals surface area contributed by atoms with E-state index in [0.29, 0.717) is 0 Å². The van der Waals surface area contributed by atoms with Gasteiger partial charge in [-0.25, -0.2) is 0 Å². The van der Waals surface area contributed by atoms with Crippen molar-refractivity contribution in [3.8, 4) is 89.0 Å². The molecule has 0 fully saturated rings. The van der Waals surface area contributed by atoms with E-state index in [0.717, 1.165) is 139 Å². The van der Waals surface area contributed by atoms with Crippen molar-refractivity contribution in [2.45, 2.75) is 0 Å². The third-order valence-corrected chi connectivity index (χ3v) is 21.9. The zero-order chi connectivity index (χ0) is 74.3. The van der Waals surface area contributed by atoms with Gasteiger partial charge in [-0.15, -0.1) is 0 Å². The van der Waals surface area contributed by atoms with Gasteiger partial charge in [0.2, 0.25) is 0 Å². The second-order valence-corrected chi connectivity index (χ2v) is 28.6. The van der Waals surface area contributed by atoms with Crippen molar-refractivity contribution in [2.75, 3.05) is 9.80 Å². The first-order valence-corrected chi connectivity index (χ1v) is 38.2. The van der Waals surface area contributed by atoms with E-state index in [9.17, 15) is 0 Å². The second kappa shape index (κ2) is 29.0. The molecular weight excluding hydrogens is 1360 g/mol. The van der Waals surface area contributed by atoms with Crippen molar-refractivity contribution in [1.29, 1.82) is 0 Å². The molecule has 4 heteroatoms. The maximum atomic E-state index is 6.90. The molecule has 21 aromatic rings. The summed E-state index contributed by atoms with van der Waals surface area (Å²) in [7, 11) is 0. The molecule has 112 heavy (non-hydrogen) atoms. The minimum atomic E-state index is 0.905. The van der Waals surface area contributed by atoms with Crippen LogP contribution in [0.1, 0.15) is 0 Å². The van der Waals surface area contributed by atoms with Gasteiger partial charge in [-0.05, 0) is 184 Å². The number of benzene rings is 19. The molecule has 526 valence electrons. The Bertz CT molecular complexity index is 7020. The third kappa shape index (κ3) is 12.7. The van der Waals surface area contributed by atoms with Crippen LogP contribution in [0.3, 0.4) is 0 Å². The standard InChI is InChI=1S/C56H37NO.C52H35NO/c1-2-12-38(13-3-1)40-26-31-46(32-27-40)57(48-35-30-39-14-4-5-16-44(39)37-48)47-33-28-41(29-34-47)43-18-8-19-45(36-43)50-21-10-24-53-54-25-11-23-52(56(54)58-55(50)53)51-22-9-17-42-15-6-7-20-49(42)51;1-3-12-36(13-4-1)38-24-29-44(30-25-38)53(46-33-28-37-14-7-8-17-42(37)35-46)45-31-26-39(27-32-45)41-18-9-19-43(34-41)48-21-11-23-50-49-22-10-20-47(51(49)54-52(48)50)40-15-5-2-6-16-40/h1-37H;1-35H. The Balaban J connectivity index is 0.000000146. The topological polar surface area (TPSA) is 32.8 Å². The third-order valence-electron chi connectivity index (χ3n) is 21.9. The molecule has 0 saturated heterocycles. The molecule has 0 aliphatic rings. The van der Waals surface area contributed by atoms with Gasteiger partial charge in [0.1, 0.15) is 22.3 Å². The summed E-state index contributed by atoms with van der Waals surface area (Å²) in [6.45, 7) is 0. The number of hydrogen-bond donors (Lipinski definition) is 0. The van der Waals surface area contributed by atoms with Gasteiger partial charge in [-0.1, -0.05) is 352 Å². The minimum absolute atomic E-state index is 0.905. The molecule has 19 aromatic carbocycles. The lowest BCUT2D eigenvalue weighted by Gasteiger charge is -2.26. The van der Waals surface area contributed by atoms with Gasteiger partial charge >= 0.3 is 0 Å². The Labute approximate surface area is 650 Å². The minimum Gasteiger partial charge on any atom is -0.455 e. The Hall–Kier alpha value is -14.8. The van der Waals surface area contributed by atoms with Crippen molar-refractivity contribution in [3.63, 3.8) is 0 Å². The lowest BCUT2D eigenvalue weighted by molar-refractivity contribution is 0.670. The van der Waals surface area contributed by atoms with Gasteiger partial charge in [-0.3, -0.25) is 0 Å². The zero-order valence-corrected chi connectivity index (χ0v) is 61.3. The fraction of sp³-hybridized carbons (Fsp3) is 0. The van der Waals surface area contributed by atoms with Crippen LogP contribution in [0.25, 0.3) is 165 Å². The van der Waals surface area contributed by atoms with Gasteiger partial charge in [0.15, 0.2) is 0 Å². The maximum Gasteiger partial charge on any atom is 0.143 e. The monoisotopic (exact) mass is 1430 g/mol. The average molecular weight is 1430 g/mol. The van der Waals surface area contributed by atoms with E-state index in [4.69, 9.17) is 8.83 Å². The molecule has 0 unspecified atom stereocenters. The van der Waals surface area contributed by atoms with Crippen LogP contribution in [0.15, 0.2) is 446 Å². The van der Waals surface area contributed by atoms with Crippen molar-refractivity contribution < 1.29 is 8.83 Å². The number of furan rings is 2. The second-order valence-electron chi connectivity index (χ2n) is 28.6. The molecule has 0 amide bonds. The number of fused-ring (bicyclic) bond motifs is 9. The Morgan fingerprint density at radius 2 is 0.393 bits per heavy atom. The summed E-state index contributed by atoms with van der Waals surface area (Å²) in [5.74, 6) is 0. The summed E-state index contributed by atoms with van der Waals surface area (Å²) in [6.07, 6.45) is 0. The fourth-order valence-corrected chi connectivity index (χ4v) is 16.3. The highest BCUT2D eigenvalue weighted by atomic mass is 16.3. The molecule has 0 atom stereocenters. The van der Waals surface area contributed by atoms with Gasteiger partial charge in [-0.2, -0.15) is 0 Å². The number of rotatable bonds is 14. The summed E-state index contributed by atoms with van der Waals surface area (Å²) in [4.78, 5) is 4.68. The van der Waals surface area contributed by atoms with Gasteiger partial charge in [0, 0.05) is 77.9 Å². The molecule has 0 saturated carbocycles. The summed E-state index contributed by atoms with van der Waals surface area (Å²) >= 11 is 0. The van der Waals surface area contributed by atoms with Gasteiger partial charge < -0.3 is 18.6 Å². The first-order valence-electron chi connectivity index (χ1n) is 38.2.